The van der Waals surface area contributed by atoms with E-state index in [1.807, 2.05) is 37.3 Å². The van der Waals surface area contributed by atoms with E-state index in [-0.39, 0.29) is 6.61 Å². The summed E-state index contributed by atoms with van der Waals surface area (Å²) < 4.78 is 11.1. The molecule has 2 rings (SSSR count). The molecule has 0 radical (unpaired) electrons. The zero-order valence-electron chi connectivity index (χ0n) is 14.4. The smallest absolute Gasteiger partial charge is 0.161 e. The highest BCUT2D eigenvalue weighted by Gasteiger charge is 2.17. The van der Waals surface area contributed by atoms with Crippen LogP contribution in [-0.4, -0.2) is 74.5 Å². The van der Waals surface area contributed by atoms with Crippen molar-refractivity contribution in [2.45, 2.75) is 13.0 Å². The van der Waals surface area contributed by atoms with Crippen molar-refractivity contribution >= 4 is 6.08 Å². The lowest BCUT2D eigenvalue weighted by Crippen LogP contribution is -2.47. The fourth-order valence-electron chi connectivity index (χ4n) is 2.67. The number of benzene rings is 1. The zero-order chi connectivity index (χ0) is 16.7. The second kappa shape index (κ2) is 8.91. The maximum Gasteiger partial charge on any atom is 0.161 e. The van der Waals surface area contributed by atoms with E-state index in [0.717, 1.165) is 31.7 Å². The summed E-state index contributed by atoms with van der Waals surface area (Å²) in [7, 11) is 3.75. The van der Waals surface area contributed by atoms with Gasteiger partial charge in [-0.05, 0) is 31.7 Å². The van der Waals surface area contributed by atoms with Crippen molar-refractivity contribution in [3.63, 3.8) is 0 Å². The Morgan fingerprint density at radius 3 is 2.61 bits per heavy atom. The fourth-order valence-corrected chi connectivity index (χ4v) is 2.67. The van der Waals surface area contributed by atoms with E-state index in [1.54, 1.807) is 7.11 Å². The Bertz CT molecular complexity index is 511. The number of β-amino-alcohol motifs (C(OH)–C–C–N with tert-alkyl or cyclic N) is 1. The van der Waals surface area contributed by atoms with E-state index in [4.69, 9.17) is 9.47 Å². The number of allylic oxidation sites excluding steroid dienone is 1. The van der Waals surface area contributed by atoms with Gasteiger partial charge >= 0.3 is 0 Å². The molecule has 1 N–H and O–H groups in total. The molecule has 0 saturated carbocycles. The summed E-state index contributed by atoms with van der Waals surface area (Å²) in [6.07, 6.45) is 3.49. The molecule has 0 aromatic heterocycles. The van der Waals surface area contributed by atoms with Gasteiger partial charge in [0.05, 0.1) is 7.11 Å². The number of methoxy groups -OCH3 is 1. The van der Waals surface area contributed by atoms with Crippen molar-refractivity contribution in [1.29, 1.82) is 0 Å². The van der Waals surface area contributed by atoms with Gasteiger partial charge in [0.1, 0.15) is 12.7 Å². The number of rotatable bonds is 7. The Morgan fingerprint density at radius 2 is 1.96 bits per heavy atom. The van der Waals surface area contributed by atoms with E-state index in [0.29, 0.717) is 18.0 Å². The van der Waals surface area contributed by atoms with Crippen LogP contribution >= 0.6 is 0 Å². The molecule has 0 spiro atoms. The molecular formula is C18H28N2O3. The highest BCUT2D eigenvalue weighted by atomic mass is 16.5. The lowest BCUT2D eigenvalue weighted by molar-refractivity contribution is 0.0498. The molecule has 1 heterocycles. The van der Waals surface area contributed by atoms with E-state index in [1.165, 1.54) is 0 Å². The highest BCUT2D eigenvalue weighted by molar-refractivity contribution is 5.55. The van der Waals surface area contributed by atoms with Crippen molar-refractivity contribution in [3.05, 3.63) is 29.8 Å². The molecule has 1 aromatic rings. The molecule has 128 valence electrons. The third-order valence-corrected chi connectivity index (χ3v) is 4.04. The van der Waals surface area contributed by atoms with Crippen LogP contribution in [0.5, 0.6) is 11.5 Å². The molecule has 5 nitrogen and oxygen atoms in total. The molecule has 1 fully saturated rings. The number of piperazine rings is 1. The number of likely N-dealkylation sites (N-methyl/N-ethyl adjacent to an activating group) is 1. The summed E-state index contributed by atoms with van der Waals surface area (Å²) in [5.41, 5.74) is 1.06. The first-order chi connectivity index (χ1) is 11.1. The summed E-state index contributed by atoms with van der Waals surface area (Å²) in [5.74, 6) is 1.35. The monoisotopic (exact) mass is 320 g/mol. The van der Waals surface area contributed by atoms with Crippen molar-refractivity contribution in [1.82, 2.24) is 9.80 Å². The van der Waals surface area contributed by atoms with E-state index >= 15 is 0 Å². The molecule has 1 aliphatic heterocycles. The van der Waals surface area contributed by atoms with Crippen LogP contribution in [0, 0.1) is 0 Å². The maximum atomic E-state index is 10.2. The average molecular weight is 320 g/mol. The van der Waals surface area contributed by atoms with Gasteiger partial charge in [-0.15, -0.1) is 0 Å². The number of nitrogens with zero attached hydrogens (tertiary/aromatic N) is 2. The normalized spacial score (nSPS) is 18.3. The van der Waals surface area contributed by atoms with Crippen molar-refractivity contribution < 1.29 is 14.6 Å². The Balaban J connectivity index is 1.84. The summed E-state index contributed by atoms with van der Waals surface area (Å²) in [6.45, 7) is 6.98. The third-order valence-electron chi connectivity index (χ3n) is 4.04. The Morgan fingerprint density at radius 1 is 1.22 bits per heavy atom. The minimum atomic E-state index is -0.502. The summed E-state index contributed by atoms with van der Waals surface area (Å²) in [6, 6.07) is 5.80. The van der Waals surface area contributed by atoms with Gasteiger partial charge in [0.25, 0.3) is 0 Å². The van der Waals surface area contributed by atoms with Crippen LogP contribution in [0.1, 0.15) is 12.5 Å². The largest absolute Gasteiger partial charge is 0.493 e. The van der Waals surface area contributed by atoms with Gasteiger partial charge in [-0.2, -0.15) is 0 Å². The topological polar surface area (TPSA) is 45.2 Å². The highest BCUT2D eigenvalue weighted by Crippen LogP contribution is 2.28. The van der Waals surface area contributed by atoms with Crippen LogP contribution in [0.2, 0.25) is 0 Å². The molecule has 0 aliphatic carbocycles. The first kappa shape index (κ1) is 17.8. The predicted molar refractivity (Wildman–Crippen MR) is 93.1 cm³/mol. The van der Waals surface area contributed by atoms with Crippen LogP contribution in [0.4, 0.5) is 0 Å². The number of ether oxygens (including phenoxy) is 2. The molecule has 5 heteroatoms. The molecular weight excluding hydrogens is 292 g/mol. The fraction of sp³-hybridized carbons (Fsp3) is 0.556. The van der Waals surface area contributed by atoms with Crippen LogP contribution in [0.3, 0.4) is 0 Å². The lowest BCUT2D eigenvalue weighted by Gasteiger charge is -2.33. The third kappa shape index (κ3) is 5.53. The van der Waals surface area contributed by atoms with E-state index < -0.39 is 6.10 Å². The van der Waals surface area contributed by atoms with Gasteiger partial charge in [-0.25, -0.2) is 0 Å². The van der Waals surface area contributed by atoms with Crippen LogP contribution in [-0.2, 0) is 0 Å². The van der Waals surface area contributed by atoms with Crippen LogP contribution in [0.15, 0.2) is 24.3 Å². The first-order valence-corrected chi connectivity index (χ1v) is 8.15. The SMILES string of the molecule is C/C=C/c1ccc(OC[C@@H](O)CN2CCN(C)CC2)c(OC)c1. The van der Waals surface area contributed by atoms with Crippen molar-refractivity contribution in [2.24, 2.45) is 0 Å². The molecule has 1 aliphatic rings. The Hall–Kier alpha value is -1.56. The number of aliphatic hydroxyl groups is 1. The number of aliphatic hydroxyl groups excluding tert-OH is 1. The van der Waals surface area contributed by atoms with E-state index in [9.17, 15) is 5.11 Å². The van der Waals surface area contributed by atoms with Gasteiger partial charge in [0.15, 0.2) is 11.5 Å². The van der Waals surface area contributed by atoms with Gasteiger partial charge in [0.2, 0.25) is 0 Å². The molecule has 1 atom stereocenters. The van der Waals surface area contributed by atoms with Crippen LogP contribution < -0.4 is 9.47 Å². The molecule has 0 unspecified atom stereocenters. The first-order valence-electron chi connectivity index (χ1n) is 8.15. The maximum absolute atomic E-state index is 10.2. The van der Waals surface area contributed by atoms with Gasteiger partial charge in [-0.3, -0.25) is 4.90 Å². The molecule has 1 aromatic carbocycles. The Kier molecular flexibility index (Phi) is 6.89. The predicted octanol–water partition coefficient (Wildman–Crippen LogP) is 1.72. The second-order valence-corrected chi connectivity index (χ2v) is 5.98. The lowest BCUT2D eigenvalue weighted by atomic mass is 10.2. The van der Waals surface area contributed by atoms with Gasteiger partial charge in [0, 0.05) is 32.7 Å². The minimum Gasteiger partial charge on any atom is -0.493 e. The second-order valence-electron chi connectivity index (χ2n) is 5.98. The molecule has 0 bridgehead atoms. The van der Waals surface area contributed by atoms with Crippen molar-refractivity contribution in [3.8, 4) is 11.5 Å². The summed E-state index contributed by atoms with van der Waals surface area (Å²) >= 11 is 0. The zero-order valence-corrected chi connectivity index (χ0v) is 14.4. The Labute approximate surface area is 139 Å². The molecule has 23 heavy (non-hydrogen) atoms. The minimum absolute atomic E-state index is 0.270. The standard InChI is InChI=1S/C18H28N2O3/c1-4-5-15-6-7-17(18(12-15)22-3)23-14-16(21)13-20-10-8-19(2)9-11-20/h4-7,12,16,21H,8-11,13-14H2,1-3H3/b5-4+/t16-/m0/s1. The van der Waals surface area contributed by atoms with Gasteiger partial charge < -0.3 is 19.5 Å². The van der Waals surface area contributed by atoms with Crippen LogP contribution in [0.25, 0.3) is 6.08 Å². The summed E-state index contributed by atoms with van der Waals surface area (Å²) in [4.78, 5) is 4.58. The van der Waals surface area contributed by atoms with Gasteiger partial charge in [-0.1, -0.05) is 18.2 Å². The summed E-state index contributed by atoms with van der Waals surface area (Å²) in [5, 5.41) is 10.2. The van der Waals surface area contributed by atoms with Crippen molar-refractivity contribution in [2.75, 3.05) is 53.5 Å². The van der Waals surface area contributed by atoms with E-state index in [2.05, 4.69) is 16.8 Å². The average Bonchev–Trinajstić information content (AvgIpc) is 2.56. The quantitative estimate of drug-likeness (QED) is 0.829. The molecule has 1 saturated heterocycles. The number of hydrogen-bond donors (Lipinski definition) is 1. The number of hydrogen-bond acceptors (Lipinski definition) is 5. The molecule has 0 amide bonds.